The van der Waals surface area contributed by atoms with Gasteiger partial charge >= 0.3 is 5.97 Å². The molecule has 156 valence electrons. The lowest BCUT2D eigenvalue weighted by molar-refractivity contribution is -0.385. The third kappa shape index (κ3) is 8.63. The maximum absolute atomic E-state index is 12.9. The van der Waals surface area contributed by atoms with Gasteiger partial charge in [-0.2, -0.15) is 0 Å². The zero-order valence-corrected chi connectivity index (χ0v) is 17.2. The van der Waals surface area contributed by atoms with Crippen molar-refractivity contribution in [2.24, 2.45) is 0 Å². The summed E-state index contributed by atoms with van der Waals surface area (Å²) in [6, 6.07) is 6.61. The van der Waals surface area contributed by atoms with Crippen LogP contribution in [0.25, 0.3) is 0 Å². The van der Waals surface area contributed by atoms with Crippen LogP contribution in [-0.4, -0.2) is 23.8 Å². The van der Waals surface area contributed by atoms with Gasteiger partial charge in [0, 0.05) is 30.4 Å². The summed E-state index contributed by atoms with van der Waals surface area (Å²) in [7, 11) is 1.38. The first kappa shape index (κ1) is 23.8. The number of nitrogens with zero attached hydrogens (tertiary/aromatic N) is 1. The molecule has 0 spiro atoms. The van der Waals surface area contributed by atoms with E-state index < -0.39 is 10.8 Å². The van der Waals surface area contributed by atoms with E-state index in [1.54, 1.807) is 18.2 Å². The van der Waals surface area contributed by atoms with Crippen LogP contribution in [0.5, 0.6) is 0 Å². The lowest BCUT2D eigenvalue weighted by Crippen LogP contribution is -2.14. The van der Waals surface area contributed by atoms with Crippen molar-refractivity contribution >= 4 is 17.4 Å². The van der Waals surface area contributed by atoms with E-state index in [1.807, 2.05) is 0 Å². The van der Waals surface area contributed by atoms with E-state index in [0.29, 0.717) is 24.8 Å². The number of ketones is 1. The van der Waals surface area contributed by atoms with E-state index in [2.05, 4.69) is 11.7 Å². The number of esters is 1. The van der Waals surface area contributed by atoms with Crippen LogP contribution in [0.4, 0.5) is 5.69 Å². The van der Waals surface area contributed by atoms with E-state index in [1.165, 1.54) is 13.2 Å². The van der Waals surface area contributed by atoms with Crippen LogP contribution in [0.1, 0.15) is 89.0 Å². The molecule has 1 aromatic carbocycles. The molecule has 0 aromatic heterocycles. The summed E-state index contributed by atoms with van der Waals surface area (Å²) in [4.78, 5) is 35.0. The smallest absolute Gasteiger partial charge is 0.305 e. The first-order chi connectivity index (χ1) is 13.5. The summed E-state index contributed by atoms with van der Waals surface area (Å²) in [6.45, 7) is 2.13. The Bertz CT molecular complexity index is 629. The number of carbonyl (C=O) groups excluding carboxylic acids is 2. The van der Waals surface area contributed by atoms with Gasteiger partial charge in [0.05, 0.1) is 12.0 Å². The number of Topliss-reactive ketones (excluding diaryl/α,β-unsaturated/α-hetero) is 1. The van der Waals surface area contributed by atoms with Gasteiger partial charge < -0.3 is 4.74 Å². The summed E-state index contributed by atoms with van der Waals surface area (Å²) in [5, 5.41) is 11.4. The number of para-hydroxylation sites is 1. The molecule has 1 atom stereocenters. The van der Waals surface area contributed by atoms with Crippen molar-refractivity contribution in [3.63, 3.8) is 0 Å². The fourth-order valence-corrected chi connectivity index (χ4v) is 3.41. The second-order valence-electron chi connectivity index (χ2n) is 7.17. The van der Waals surface area contributed by atoms with Crippen LogP contribution >= 0.6 is 0 Å². The second kappa shape index (κ2) is 13.9. The Hall–Kier alpha value is -2.24. The van der Waals surface area contributed by atoms with Crippen LogP contribution in [0.15, 0.2) is 24.3 Å². The SMILES string of the molecule is CCCCCCC(C(=O)CCCCCCC(=O)OC)c1ccccc1[N+](=O)[O-]. The van der Waals surface area contributed by atoms with Crippen molar-refractivity contribution in [3.8, 4) is 0 Å². The molecular formula is C22H33NO5. The molecule has 6 nitrogen and oxygen atoms in total. The Kier molecular flexibility index (Phi) is 11.8. The predicted octanol–water partition coefficient (Wildman–Crippen LogP) is 5.73. The highest BCUT2D eigenvalue weighted by molar-refractivity contribution is 5.86. The normalized spacial score (nSPS) is 11.8. The Balaban J connectivity index is 2.65. The number of hydrogen-bond donors (Lipinski definition) is 0. The maximum Gasteiger partial charge on any atom is 0.305 e. The molecule has 0 saturated heterocycles. The van der Waals surface area contributed by atoms with E-state index >= 15 is 0 Å². The molecule has 28 heavy (non-hydrogen) atoms. The van der Waals surface area contributed by atoms with E-state index in [4.69, 9.17) is 0 Å². The van der Waals surface area contributed by atoms with Gasteiger partial charge in [-0.05, 0) is 19.3 Å². The van der Waals surface area contributed by atoms with Crippen LogP contribution < -0.4 is 0 Å². The lowest BCUT2D eigenvalue weighted by Gasteiger charge is -2.16. The third-order valence-electron chi connectivity index (χ3n) is 5.03. The summed E-state index contributed by atoms with van der Waals surface area (Å²) in [5.41, 5.74) is 0.578. The zero-order valence-electron chi connectivity index (χ0n) is 17.2. The summed E-state index contributed by atoms with van der Waals surface area (Å²) in [6.07, 6.45) is 8.86. The van der Waals surface area contributed by atoms with Gasteiger partial charge in [0.2, 0.25) is 0 Å². The Morgan fingerprint density at radius 3 is 2.29 bits per heavy atom. The number of hydrogen-bond acceptors (Lipinski definition) is 5. The molecule has 0 heterocycles. The average molecular weight is 392 g/mol. The molecule has 0 aliphatic carbocycles. The number of methoxy groups -OCH3 is 1. The minimum absolute atomic E-state index is 0.0365. The lowest BCUT2D eigenvalue weighted by atomic mass is 9.86. The van der Waals surface area contributed by atoms with Crippen LogP contribution in [0.2, 0.25) is 0 Å². The standard InChI is InChI=1S/C22H33NO5/c1-3-4-5-8-14-19(18-13-11-12-15-20(18)23(26)27)21(24)16-9-6-7-10-17-22(25)28-2/h11-13,15,19H,3-10,14,16-17H2,1-2H3. The molecule has 1 unspecified atom stereocenters. The van der Waals surface area contributed by atoms with Crippen molar-refractivity contribution in [3.05, 3.63) is 39.9 Å². The quantitative estimate of drug-likeness (QED) is 0.165. The van der Waals surface area contributed by atoms with E-state index in [9.17, 15) is 19.7 Å². The molecule has 6 heteroatoms. The Morgan fingerprint density at radius 1 is 1.00 bits per heavy atom. The predicted molar refractivity (Wildman–Crippen MR) is 109 cm³/mol. The fraction of sp³-hybridized carbons (Fsp3) is 0.636. The van der Waals surface area contributed by atoms with Crippen LogP contribution in [0, 0.1) is 10.1 Å². The molecule has 0 fully saturated rings. The van der Waals surface area contributed by atoms with Crippen molar-refractivity contribution in [1.82, 2.24) is 0 Å². The number of carbonyl (C=O) groups is 2. The molecule has 0 radical (unpaired) electrons. The third-order valence-corrected chi connectivity index (χ3v) is 5.03. The summed E-state index contributed by atoms with van der Waals surface area (Å²) < 4.78 is 4.61. The van der Waals surface area contributed by atoms with Crippen LogP contribution in [-0.2, 0) is 14.3 Å². The Morgan fingerprint density at radius 2 is 1.64 bits per heavy atom. The monoisotopic (exact) mass is 391 g/mol. The zero-order chi connectivity index (χ0) is 20.8. The molecule has 0 aliphatic heterocycles. The number of rotatable bonds is 15. The average Bonchev–Trinajstić information content (AvgIpc) is 2.70. The molecule has 0 saturated carbocycles. The van der Waals surface area contributed by atoms with Crippen molar-refractivity contribution < 1.29 is 19.2 Å². The first-order valence-electron chi connectivity index (χ1n) is 10.3. The van der Waals surface area contributed by atoms with E-state index in [0.717, 1.165) is 51.4 Å². The highest BCUT2D eigenvalue weighted by Crippen LogP contribution is 2.32. The second-order valence-corrected chi connectivity index (χ2v) is 7.17. The van der Waals surface area contributed by atoms with E-state index in [-0.39, 0.29) is 17.4 Å². The minimum Gasteiger partial charge on any atom is -0.469 e. The number of nitro benzene ring substituents is 1. The molecule has 1 aromatic rings. The number of nitro groups is 1. The molecule has 1 rings (SSSR count). The van der Waals surface area contributed by atoms with Gasteiger partial charge in [-0.25, -0.2) is 0 Å². The number of ether oxygens (including phenoxy) is 1. The topological polar surface area (TPSA) is 86.5 Å². The largest absolute Gasteiger partial charge is 0.469 e. The van der Waals surface area contributed by atoms with Gasteiger partial charge in [0.15, 0.2) is 0 Å². The van der Waals surface area contributed by atoms with Crippen LogP contribution in [0.3, 0.4) is 0 Å². The maximum atomic E-state index is 12.9. The highest BCUT2D eigenvalue weighted by Gasteiger charge is 2.26. The van der Waals surface area contributed by atoms with Crippen molar-refractivity contribution in [2.75, 3.05) is 7.11 Å². The van der Waals surface area contributed by atoms with Crippen molar-refractivity contribution in [1.29, 1.82) is 0 Å². The fourth-order valence-electron chi connectivity index (χ4n) is 3.41. The molecular weight excluding hydrogens is 358 g/mol. The molecule has 0 aliphatic rings. The molecule has 0 amide bonds. The molecule has 0 bridgehead atoms. The van der Waals surface area contributed by atoms with Gasteiger partial charge in [0.25, 0.3) is 5.69 Å². The van der Waals surface area contributed by atoms with Gasteiger partial charge in [0.1, 0.15) is 5.78 Å². The summed E-state index contributed by atoms with van der Waals surface area (Å²) >= 11 is 0. The van der Waals surface area contributed by atoms with Gasteiger partial charge in [-0.3, -0.25) is 19.7 Å². The van der Waals surface area contributed by atoms with Crippen molar-refractivity contribution in [2.45, 2.75) is 83.5 Å². The number of benzene rings is 1. The first-order valence-corrected chi connectivity index (χ1v) is 10.3. The Labute approximate surface area is 167 Å². The van der Waals surface area contributed by atoms with Gasteiger partial charge in [-0.15, -0.1) is 0 Å². The minimum atomic E-state index is -0.409. The van der Waals surface area contributed by atoms with Gasteiger partial charge in [-0.1, -0.05) is 63.6 Å². The summed E-state index contributed by atoms with van der Waals surface area (Å²) in [5.74, 6) is -0.535. The molecule has 0 N–H and O–H groups in total. The number of unbranched alkanes of at least 4 members (excludes halogenated alkanes) is 6. The highest BCUT2D eigenvalue weighted by atomic mass is 16.6.